The summed E-state index contributed by atoms with van der Waals surface area (Å²) in [5, 5.41) is 10.4. The molecule has 2 amide bonds. The molecule has 7 nitrogen and oxygen atoms in total. The average Bonchev–Trinajstić information content (AvgIpc) is 3.22. The van der Waals surface area contributed by atoms with Crippen LogP contribution in [0.2, 0.25) is 0 Å². The van der Waals surface area contributed by atoms with Crippen molar-refractivity contribution in [2.45, 2.75) is 38.8 Å². The molecule has 0 bridgehead atoms. The van der Waals surface area contributed by atoms with Crippen molar-refractivity contribution in [3.63, 3.8) is 0 Å². The summed E-state index contributed by atoms with van der Waals surface area (Å²) in [6.45, 7) is 4.14. The third kappa shape index (κ3) is 3.02. The average molecular weight is 365 g/mol. The van der Waals surface area contributed by atoms with Crippen molar-refractivity contribution in [3.05, 3.63) is 23.8 Å². The minimum Gasteiger partial charge on any atom is -0.357 e. The molecule has 1 aliphatic rings. The van der Waals surface area contributed by atoms with E-state index in [0.717, 1.165) is 18.6 Å². The van der Waals surface area contributed by atoms with Crippen molar-refractivity contribution in [2.24, 2.45) is 5.92 Å². The number of hydrogen-bond acceptors (Lipinski definition) is 4. The van der Waals surface area contributed by atoms with Crippen molar-refractivity contribution in [3.8, 4) is 0 Å². The largest absolute Gasteiger partial charge is 0.357 e. The maximum absolute atomic E-state index is 13.7. The second kappa shape index (κ2) is 6.97. The predicted octanol–water partition coefficient (Wildman–Crippen LogP) is 1.64. The van der Waals surface area contributed by atoms with Crippen molar-refractivity contribution < 1.29 is 18.4 Å². The topological polar surface area (TPSA) is 80.1 Å². The molecular weight excluding hydrogens is 344 g/mol. The number of nitrogens with one attached hydrogen (secondary N) is 1. The number of carbonyl (C=O) groups is 2. The molecule has 2 aromatic rings. The Bertz CT molecular complexity index is 851. The van der Waals surface area contributed by atoms with Crippen LogP contribution in [0.25, 0.3) is 11.0 Å². The quantitative estimate of drug-likeness (QED) is 0.893. The van der Waals surface area contributed by atoms with Gasteiger partial charge >= 0.3 is 0 Å². The van der Waals surface area contributed by atoms with Crippen LogP contribution in [0.5, 0.6) is 0 Å². The van der Waals surface area contributed by atoms with Gasteiger partial charge in [-0.05, 0) is 18.8 Å². The molecule has 0 aliphatic carbocycles. The summed E-state index contributed by atoms with van der Waals surface area (Å²) >= 11 is 0. The highest BCUT2D eigenvalue weighted by Crippen LogP contribution is 2.29. The second-order valence-electron chi connectivity index (χ2n) is 6.78. The molecule has 140 valence electrons. The highest BCUT2D eigenvalue weighted by molar-refractivity contribution is 5.90. The summed E-state index contributed by atoms with van der Waals surface area (Å²) in [5.74, 6) is -2.72. The normalized spacial score (nSPS) is 18.5. The Balaban J connectivity index is 2.01. The lowest BCUT2D eigenvalue weighted by molar-refractivity contribution is -0.142. The van der Waals surface area contributed by atoms with Gasteiger partial charge in [0, 0.05) is 25.7 Å². The molecule has 0 radical (unpaired) electrons. The molecule has 1 aromatic heterocycles. The number of hydrogen-bond donors (Lipinski definition) is 1. The molecule has 1 fully saturated rings. The van der Waals surface area contributed by atoms with E-state index >= 15 is 0 Å². The van der Waals surface area contributed by atoms with Crippen LogP contribution in [-0.4, -0.2) is 51.3 Å². The fourth-order valence-corrected chi connectivity index (χ4v) is 3.45. The van der Waals surface area contributed by atoms with Crippen LogP contribution < -0.4 is 5.32 Å². The maximum atomic E-state index is 13.7. The molecule has 9 heteroatoms. The molecule has 2 atom stereocenters. The first-order valence-electron chi connectivity index (χ1n) is 8.57. The van der Waals surface area contributed by atoms with Crippen LogP contribution in [-0.2, 0) is 9.59 Å². The number of nitrogens with zero attached hydrogens (tertiary/aromatic N) is 4. The van der Waals surface area contributed by atoms with Crippen molar-refractivity contribution in [1.29, 1.82) is 0 Å². The lowest BCUT2D eigenvalue weighted by Crippen LogP contribution is -2.48. The first kappa shape index (κ1) is 18.2. The number of halogens is 2. The van der Waals surface area contributed by atoms with E-state index in [0.29, 0.717) is 13.0 Å². The van der Waals surface area contributed by atoms with Crippen LogP contribution in [0.15, 0.2) is 12.1 Å². The Labute approximate surface area is 149 Å². The smallest absolute Gasteiger partial charge is 0.248 e. The minimum absolute atomic E-state index is 0.173. The van der Waals surface area contributed by atoms with E-state index in [1.165, 1.54) is 16.6 Å². The standard InChI is InChI=1S/C17H21F2N5O2/c1-9(2)15(17(26)23-6-4-5-13(23)16(25)20-3)24-14-8-11(19)10(18)7-12(14)21-22-24/h7-9,13,15H,4-6H2,1-3H3,(H,20,25)/t13-,15?/m0/s1. The number of benzene rings is 1. The third-order valence-electron chi connectivity index (χ3n) is 4.75. The Morgan fingerprint density at radius 2 is 1.96 bits per heavy atom. The number of amides is 2. The molecule has 2 heterocycles. The van der Waals surface area contributed by atoms with Gasteiger partial charge in [0.1, 0.15) is 17.6 Å². The molecular formula is C17H21F2N5O2. The third-order valence-corrected chi connectivity index (χ3v) is 4.75. The van der Waals surface area contributed by atoms with Crippen molar-refractivity contribution in [1.82, 2.24) is 25.2 Å². The van der Waals surface area contributed by atoms with Crippen LogP contribution in [0, 0.1) is 17.6 Å². The van der Waals surface area contributed by atoms with E-state index in [9.17, 15) is 18.4 Å². The summed E-state index contributed by atoms with van der Waals surface area (Å²) in [4.78, 5) is 26.8. The van der Waals surface area contributed by atoms with Gasteiger partial charge in [-0.2, -0.15) is 0 Å². The van der Waals surface area contributed by atoms with Gasteiger partial charge in [0.25, 0.3) is 0 Å². The molecule has 0 saturated carbocycles. The maximum Gasteiger partial charge on any atom is 0.248 e. The number of aromatic nitrogens is 3. The van der Waals surface area contributed by atoms with Crippen molar-refractivity contribution in [2.75, 3.05) is 13.6 Å². The van der Waals surface area contributed by atoms with Gasteiger partial charge in [-0.1, -0.05) is 19.1 Å². The van der Waals surface area contributed by atoms with E-state index in [1.54, 1.807) is 0 Å². The second-order valence-corrected chi connectivity index (χ2v) is 6.78. The Morgan fingerprint density at radius 3 is 2.62 bits per heavy atom. The Hall–Kier alpha value is -2.58. The molecule has 26 heavy (non-hydrogen) atoms. The van der Waals surface area contributed by atoms with Gasteiger partial charge in [-0.3, -0.25) is 9.59 Å². The van der Waals surface area contributed by atoms with Crippen LogP contribution in [0.3, 0.4) is 0 Å². The number of rotatable bonds is 4. The zero-order chi connectivity index (χ0) is 19.0. The molecule has 1 N–H and O–H groups in total. The first-order chi connectivity index (χ1) is 12.3. The number of fused-ring (bicyclic) bond motifs is 1. The molecule has 1 aliphatic heterocycles. The van der Waals surface area contributed by atoms with E-state index in [4.69, 9.17) is 0 Å². The fourth-order valence-electron chi connectivity index (χ4n) is 3.45. The van der Waals surface area contributed by atoms with Crippen LogP contribution in [0.1, 0.15) is 32.7 Å². The van der Waals surface area contributed by atoms with Gasteiger partial charge < -0.3 is 10.2 Å². The summed E-state index contributed by atoms with van der Waals surface area (Å²) in [7, 11) is 1.53. The van der Waals surface area contributed by atoms with E-state index in [2.05, 4.69) is 15.6 Å². The summed E-state index contributed by atoms with van der Waals surface area (Å²) in [6, 6.07) is 0.653. The van der Waals surface area contributed by atoms with Gasteiger partial charge in [0.2, 0.25) is 11.8 Å². The summed E-state index contributed by atoms with van der Waals surface area (Å²) in [6.07, 6.45) is 1.32. The SMILES string of the molecule is CNC(=O)[C@@H]1CCCN1C(=O)C(C(C)C)n1nnc2cc(F)c(F)cc21. The van der Waals surface area contributed by atoms with Gasteiger partial charge in [-0.25, -0.2) is 13.5 Å². The zero-order valence-electron chi connectivity index (χ0n) is 14.9. The predicted molar refractivity (Wildman–Crippen MR) is 90.1 cm³/mol. The minimum atomic E-state index is -1.03. The monoisotopic (exact) mass is 365 g/mol. The van der Waals surface area contributed by atoms with Crippen LogP contribution >= 0.6 is 0 Å². The lowest BCUT2D eigenvalue weighted by atomic mass is 10.0. The summed E-state index contributed by atoms with van der Waals surface area (Å²) < 4.78 is 28.4. The Morgan fingerprint density at radius 1 is 1.27 bits per heavy atom. The lowest BCUT2D eigenvalue weighted by Gasteiger charge is -2.29. The zero-order valence-corrected chi connectivity index (χ0v) is 14.9. The fraction of sp³-hybridized carbons (Fsp3) is 0.529. The summed E-state index contributed by atoms with van der Waals surface area (Å²) in [5.41, 5.74) is 0.415. The van der Waals surface area contributed by atoms with Gasteiger partial charge in [-0.15, -0.1) is 5.10 Å². The van der Waals surface area contributed by atoms with E-state index in [1.807, 2.05) is 13.8 Å². The number of likely N-dealkylation sites (N-methyl/N-ethyl adjacent to an activating group) is 1. The van der Waals surface area contributed by atoms with E-state index < -0.39 is 23.7 Å². The highest BCUT2D eigenvalue weighted by Gasteiger charge is 2.39. The molecule has 3 rings (SSSR count). The molecule has 1 saturated heterocycles. The van der Waals surface area contributed by atoms with Crippen molar-refractivity contribution >= 4 is 22.8 Å². The number of carbonyl (C=O) groups excluding carboxylic acids is 2. The van der Waals surface area contributed by atoms with Crippen LogP contribution in [0.4, 0.5) is 8.78 Å². The van der Waals surface area contributed by atoms with Gasteiger partial charge in [0.05, 0.1) is 5.52 Å². The molecule has 0 spiro atoms. The van der Waals surface area contributed by atoms with Gasteiger partial charge in [0.15, 0.2) is 11.6 Å². The molecule has 1 aromatic carbocycles. The number of likely N-dealkylation sites (tertiary alicyclic amines) is 1. The highest BCUT2D eigenvalue weighted by atomic mass is 19.2. The Kier molecular flexibility index (Phi) is 4.88. The molecule has 1 unspecified atom stereocenters. The first-order valence-corrected chi connectivity index (χ1v) is 8.57. The van der Waals surface area contributed by atoms with E-state index in [-0.39, 0.29) is 28.8 Å².